The monoisotopic (exact) mass is 552 g/mol. The summed E-state index contributed by atoms with van der Waals surface area (Å²) in [5.74, 6) is -4.73. The summed E-state index contributed by atoms with van der Waals surface area (Å²) < 4.78 is 5.63. The second-order valence-corrected chi connectivity index (χ2v) is 10.4. The van der Waals surface area contributed by atoms with Crippen LogP contribution in [0.15, 0.2) is 48.5 Å². The van der Waals surface area contributed by atoms with Crippen LogP contribution >= 0.6 is 0 Å². The first-order valence-corrected chi connectivity index (χ1v) is 13.1. The Morgan fingerprint density at radius 1 is 0.925 bits per heavy atom. The molecule has 11 nitrogen and oxygen atoms in total. The number of carbonyl (C=O) groups is 5. The number of hydroxylamine groups is 1. The number of Topliss-reactive ketones (excluding diaryl/α,β-unsaturated/α-hetero) is 1. The third-order valence-corrected chi connectivity index (χ3v) is 6.66. The van der Waals surface area contributed by atoms with Crippen molar-refractivity contribution in [2.45, 2.75) is 20.3 Å². The molecule has 1 aliphatic heterocycles. The molecule has 0 saturated heterocycles. The molecule has 1 heterocycles. The lowest BCUT2D eigenvalue weighted by molar-refractivity contribution is -0.141. The van der Waals surface area contributed by atoms with Crippen LogP contribution in [0, 0.1) is 17.8 Å². The fourth-order valence-corrected chi connectivity index (χ4v) is 4.52. The van der Waals surface area contributed by atoms with Gasteiger partial charge in [0.1, 0.15) is 12.4 Å². The lowest BCUT2D eigenvalue weighted by atomic mass is 9.83. The normalized spacial score (nSPS) is 14.2. The maximum Gasteiger partial charge on any atom is 0.261 e. The standard InChI is InChI=1S/C29H36N4O7/c1-18(2)15-23(24(27(36)31-39)17-33-28(37)21-7-5-6-8-22(21)29(33)38)26(35)30-16-25(34)19-9-11-20(12-10-19)40-14-13-32(3)4/h5-12,18,23-24,39H,13-17H2,1-4H3,(H,30,35)(H,31,36)/t23-,24?/m1/s1. The molecule has 214 valence electrons. The average Bonchev–Trinajstić information content (AvgIpc) is 3.17. The molecule has 1 unspecified atom stereocenters. The molecule has 11 heteroatoms. The molecule has 0 saturated carbocycles. The van der Waals surface area contributed by atoms with E-state index in [0.29, 0.717) is 17.9 Å². The number of rotatable bonds is 14. The number of amides is 4. The number of ether oxygens (including phenoxy) is 1. The second-order valence-electron chi connectivity index (χ2n) is 10.4. The summed E-state index contributed by atoms with van der Waals surface area (Å²) in [7, 11) is 3.88. The van der Waals surface area contributed by atoms with Gasteiger partial charge in [0.15, 0.2) is 5.78 Å². The van der Waals surface area contributed by atoms with Crippen molar-refractivity contribution in [3.63, 3.8) is 0 Å². The molecule has 1 aliphatic rings. The van der Waals surface area contributed by atoms with E-state index >= 15 is 0 Å². The summed E-state index contributed by atoms with van der Waals surface area (Å²) in [6, 6.07) is 12.9. The number of hydrogen-bond donors (Lipinski definition) is 3. The molecule has 0 spiro atoms. The van der Waals surface area contributed by atoms with Crippen molar-refractivity contribution in [1.82, 2.24) is 20.6 Å². The second kappa shape index (κ2) is 13.8. The molecule has 3 rings (SSSR count). The topological polar surface area (TPSA) is 145 Å². The lowest BCUT2D eigenvalue weighted by Gasteiger charge is -2.28. The van der Waals surface area contributed by atoms with Gasteiger partial charge in [-0.3, -0.25) is 34.1 Å². The third-order valence-electron chi connectivity index (χ3n) is 6.66. The summed E-state index contributed by atoms with van der Waals surface area (Å²) in [6.45, 7) is 4.21. The smallest absolute Gasteiger partial charge is 0.261 e. The van der Waals surface area contributed by atoms with E-state index in [4.69, 9.17) is 4.74 Å². The lowest BCUT2D eigenvalue weighted by Crippen LogP contribution is -2.49. The van der Waals surface area contributed by atoms with E-state index in [9.17, 15) is 29.2 Å². The van der Waals surface area contributed by atoms with E-state index in [2.05, 4.69) is 5.32 Å². The number of fused-ring (bicyclic) bond motifs is 1. The summed E-state index contributed by atoms with van der Waals surface area (Å²) in [5, 5.41) is 12.0. The first-order valence-electron chi connectivity index (χ1n) is 13.1. The molecular weight excluding hydrogens is 516 g/mol. The number of nitrogens with zero attached hydrogens (tertiary/aromatic N) is 2. The average molecular weight is 553 g/mol. The third kappa shape index (κ3) is 7.51. The Morgan fingerprint density at radius 3 is 2.05 bits per heavy atom. The highest BCUT2D eigenvalue weighted by Gasteiger charge is 2.42. The van der Waals surface area contributed by atoms with Crippen LogP contribution in [0.1, 0.15) is 51.3 Å². The zero-order valence-electron chi connectivity index (χ0n) is 23.2. The molecule has 0 radical (unpaired) electrons. The maximum absolute atomic E-state index is 13.3. The number of likely N-dealkylation sites (N-methyl/N-ethyl adjacent to an activating group) is 1. The van der Waals surface area contributed by atoms with E-state index in [1.165, 1.54) is 12.1 Å². The van der Waals surface area contributed by atoms with Crippen molar-refractivity contribution >= 4 is 29.4 Å². The van der Waals surface area contributed by atoms with Gasteiger partial charge in [-0.25, -0.2) is 5.48 Å². The number of carbonyl (C=O) groups excluding carboxylic acids is 5. The van der Waals surface area contributed by atoms with Gasteiger partial charge < -0.3 is 15.0 Å². The SMILES string of the molecule is CC(C)C[C@@H](C(=O)NCC(=O)c1ccc(OCCN(C)C)cc1)C(CN1C(=O)c2ccccc2C1=O)C(=O)NO. The van der Waals surface area contributed by atoms with Crippen LogP contribution in [0.4, 0.5) is 0 Å². The van der Waals surface area contributed by atoms with E-state index in [0.717, 1.165) is 11.4 Å². The molecule has 0 aromatic heterocycles. The Balaban J connectivity index is 1.70. The largest absolute Gasteiger partial charge is 0.492 e. The van der Waals surface area contributed by atoms with Crippen LogP contribution in [-0.2, 0) is 9.59 Å². The van der Waals surface area contributed by atoms with Crippen molar-refractivity contribution in [2.24, 2.45) is 17.8 Å². The van der Waals surface area contributed by atoms with Gasteiger partial charge in [-0.05, 0) is 62.8 Å². The fraction of sp³-hybridized carbons (Fsp3) is 0.414. The van der Waals surface area contributed by atoms with Gasteiger partial charge >= 0.3 is 0 Å². The van der Waals surface area contributed by atoms with Crippen molar-refractivity contribution in [2.75, 3.05) is 40.3 Å². The molecular formula is C29H36N4O7. The van der Waals surface area contributed by atoms with Crippen LogP contribution in [0.5, 0.6) is 5.75 Å². The molecule has 0 aliphatic carbocycles. The zero-order valence-corrected chi connectivity index (χ0v) is 23.2. The molecule has 0 fully saturated rings. The van der Waals surface area contributed by atoms with Crippen LogP contribution in [0.2, 0.25) is 0 Å². The molecule has 40 heavy (non-hydrogen) atoms. The minimum atomic E-state index is -1.25. The van der Waals surface area contributed by atoms with Gasteiger partial charge in [-0.1, -0.05) is 26.0 Å². The molecule has 2 aromatic carbocycles. The Hall–Kier alpha value is -4.09. The minimum absolute atomic E-state index is 0.0531. The van der Waals surface area contributed by atoms with Crippen molar-refractivity contribution < 1.29 is 33.9 Å². The van der Waals surface area contributed by atoms with E-state index in [1.807, 2.05) is 32.8 Å². The summed E-state index contributed by atoms with van der Waals surface area (Å²) in [5.41, 5.74) is 2.35. The van der Waals surface area contributed by atoms with Gasteiger partial charge in [0.25, 0.3) is 11.8 Å². The van der Waals surface area contributed by atoms with Crippen molar-refractivity contribution in [3.8, 4) is 5.75 Å². The number of benzene rings is 2. The minimum Gasteiger partial charge on any atom is -0.492 e. The highest BCUT2D eigenvalue weighted by atomic mass is 16.5. The van der Waals surface area contributed by atoms with Gasteiger partial charge in [0.05, 0.1) is 29.5 Å². The van der Waals surface area contributed by atoms with Crippen molar-refractivity contribution in [1.29, 1.82) is 0 Å². The molecule has 2 atom stereocenters. The van der Waals surface area contributed by atoms with E-state index in [1.54, 1.807) is 41.9 Å². The summed E-state index contributed by atoms with van der Waals surface area (Å²) in [6.07, 6.45) is 0.209. The Labute approximate surface area is 233 Å². The summed E-state index contributed by atoms with van der Waals surface area (Å²) in [4.78, 5) is 67.6. The number of ketones is 1. The number of imide groups is 1. The van der Waals surface area contributed by atoms with Crippen molar-refractivity contribution in [3.05, 3.63) is 65.2 Å². The maximum atomic E-state index is 13.3. The number of nitrogens with one attached hydrogen (secondary N) is 2. The quantitative estimate of drug-likeness (QED) is 0.140. The predicted octanol–water partition coefficient (Wildman–Crippen LogP) is 2.01. The van der Waals surface area contributed by atoms with E-state index < -0.39 is 42.0 Å². The Kier molecular flexibility index (Phi) is 10.5. The predicted molar refractivity (Wildman–Crippen MR) is 146 cm³/mol. The summed E-state index contributed by atoms with van der Waals surface area (Å²) >= 11 is 0. The van der Waals surface area contributed by atoms with Gasteiger partial charge in [-0.2, -0.15) is 0 Å². The molecule has 3 N–H and O–H groups in total. The number of hydrogen-bond acceptors (Lipinski definition) is 8. The fourth-order valence-electron chi connectivity index (χ4n) is 4.52. The van der Waals surface area contributed by atoms with Crippen LogP contribution < -0.4 is 15.5 Å². The van der Waals surface area contributed by atoms with Gasteiger partial charge in [-0.15, -0.1) is 0 Å². The van der Waals surface area contributed by atoms with Crippen LogP contribution in [0.25, 0.3) is 0 Å². The molecule has 0 bridgehead atoms. The molecule has 2 aromatic rings. The Bertz CT molecular complexity index is 1210. The highest BCUT2D eigenvalue weighted by molar-refractivity contribution is 6.21. The van der Waals surface area contributed by atoms with E-state index in [-0.39, 0.29) is 35.8 Å². The van der Waals surface area contributed by atoms with Gasteiger partial charge in [0, 0.05) is 18.7 Å². The highest BCUT2D eigenvalue weighted by Crippen LogP contribution is 2.28. The molecule has 4 amide bonds. The zero-order chi connectivity index (χ0) is 29.4. The Morgan fingerprint density at radius 2 is 1.52 bits per heavy atom. The van der Waals surface area contributed by atoms with Crippen LogP contribution in [0.3, 0.4) is 0 Å². The first kappa shape index (κ1) is 30.5. The first-order chi connectivity index (χ1) is 19.0. The van der Waals surface area contributed by atoms with Gasteiger partial charge in [0.2, 0.25) is 11.8 Å². The van der Waals surface area contributed by atoms with Crippen LogP contribution in [-0.4, -0.2) is 84.8 Å².